The highest BCUT2D eigenvalue weighted by Crippen LogP contribution is 2.19. The monoisotopic (exact) mass is 453 g/mol. The Kier molecular flexibility index (Phi) is 7.92. The van der Waals surface area contributed by atoms with Gasteiger partial charge in [0.25, 0.3) is 0 Å². The first kappa shape index (κ1) is 24.1. The molecule has 0 aliphatic carbocycles. The van der Waals surface area contributed by atoms with Crippen molar-refractivity contribution in [3.05, 3.63) is 64.1 Å². The first-order valence-electron chi connectivity index (χ1n) is 11.1. The molecule has 1 heterocycles. The maximum atomic E-state index is 12.6. The SMILES string of the molecule is COc1ccccc1CCCN(CCCCC(=O)c1ccc2c(c1)n(C)c(=O)n2C)C(=O)O. The molecule has 0 spiro atoms. The molecule has 8 nitrogen and oxygen atoms in total. The largest absolute Gasteiger partial charge is 0.496 e. The van der Waals surface area contributed by atoms with Gasteiger partial charge in [0.05, 0.1) is 18.1 Å². The van der Waals surface area contributed by atoms with Gasteiger partial charge in [0, 0.05) is 39.2 Å². The predicted molar refractivity (Wildman–Crippen MR) is 127 cm³/mol. The third kappa shape index (κ3) is 5.63. The maximum absolute atomic E-state index is 12.6. The van der Waals surface area contributed by atoms with Crippen molar-refractivity contribution in [1.82, 2.24) is 14.0 Å². The third-order valence-electron chi connectivity index (χ3n) is 6.01. The van der Waals surface area contributed by atoms with Crippen LogP contribution in [0.15, 0.2) is 47.3 Å². The van der Waals surface area contributed by atoms with Crippen molar-refractivity contribution in [2.24, 2.45) is 14.1 Å². The second-order valence-corrected chi connectivity index (χ2v) is 8.17. The van der Waals surface area contributed by atoms with E-state index in [1.54, 1.807) is 44.0 Å². The van der Waals surface area contributed by atoms with Crippen LogP contribution in [0.4, 0.5) is 4.79 Å². The number of imidazole rings is 1. The number of ether oxygens (including phenoxy) is 1. The molecular formula is C25H31N3O5. The van der Waals surface area contributed by atoms with Gasteiger partial charge in [-0.3, -0.25) is 13.9 Å². The Morgan fingerprint density at radius 1 is 0.970 bits per heavy atom. The number of carbonyl (C=O) groups is 2. The number of Topliss-reactive ketones (excluding diaryl/α,β-unsaturated/α-hetero) is 1. The van der Waals surface area contributed by atoms with Gasteiger partial charge < -0.3 is 14.7 Å². The van der Waals surface area contributed by atoms with Gasteiger partial charge in [0.15, 0.2) is 5.78 Å². The van der Waals surface area contributed by atoms with E-state index < -0.39 is 6.09 Å². The smallest absolute Gasteiger partial charge is 0.407 e. The van der Waals surface area contributed by atoms with Crippen LogP contribution in [0.1, 0.15) is 41.6 Å². The van der Waals surface area contributed by atoms with Crippen LogP contribution in [-0.2, 0) is 20.5 Å². The molecule has 0 radical (unpaired) electrons. The number of carboxylic acid groups (broad SMARTS) is 1. The summed E-state index contributed by atoms with van der Waals surface area (Å²) in [5.41, 5.74) is 3.00. The van der Waals surface area contributed by atoms with Crippen LogP contribution in [0.2, 0.25) is 0 Å². The molecule has 3 aromatic rings. The normalized spacial score (nSPS) is 11.0. The number of hydrogen-bond donors (Lipinski definition) is 1. The minimum atomic E-state index is -0.947. The van der Waals surface area contributed by atoms with Crippen LogP contribution in [0, 0.1) is 0 Å². The van der Waals surface area contributed by atoms with Gasteiger partial charge in [-0.15, -0.1) is 0 Å². The number of nitrogens with zero attached hydrogens (tertiary/aromatic N) is 3. The summed E-state index contributed by atoms with van der Waals surface area (Å²) in [6, 6.07) is 13.0. The summed E-state index contributed by atoms with van der Waals surface area (Å²) in [5.74, 6) is 0.804. The van der Waals surface area contributed by atoms with Crippen LogP contribution >= 0.6 is 0 Å². The molecule has 0 atom stereocenters. The van der Waals surface area contributed by atoms with Crippen LogP contribution < -0.4 is 10.4 Å². The average molecular weight is 454 g/mol. The molecule has 0 fully saturated rings. The highest BCUT2D eigenvalue weighted by Gasteiger charge is 2.14. The van der Waals surface area contributed by atoms with Crippen LogP contribution in [0.5, 0.6) is 5.75 Å². The molecule has 0 unspecified atom stereocenters. The molecule has 1 aromatic heterocycles. The van der Waals surface area contributed by atoms with Crippen LogP contribution in [0.25, 0.3) is 11.0 Å². The van der Waals surface area contributed by atoms with Crippen molar-refractivity contribution in [2.45, 2.75) is 32.1 Å². The van der Waals surface area contributed by atoms with E-state index in [0.717, 1.165) is 28.8 Å². The Morgan fingerprint density at radius 2 is 1.67 bits per heavy atom. The topological polar surface area (TPSA) is 93.8 Å². The number of aromatic nitrogens is 2. The van der Waals surface area contributed by atoms with Crippen molar-refractivity contribution >= 4 is 22.9 Å². The van der Waals surface area contributed by atoms with E-state index in [-0.39, 0.29) is 11.5 Å². The molecule has 176 valence electrons. The molecule has 8 heteroatoms. The summed E-state index contributed by atoms with van der Waals surface area (Å²) >= 11 is 0. The average Bonchev–Trinajstić information content (AvgIpc) is 3.03. The summed E-state index contributed by atoms with van der Waals surface area (Å²) in [6.07, 6.45) is 2.02. The molecule has 1 N–H and O–H groups in total. The molecule has 0 saturated carbocycles. The Morgan fingerprint density at radius 3 is 2.39 bits per heavy atom. The lowest BCUT2D eigenvalue weighted by Gasteiger charge is -2.19. The van der Waals surface area contributed by atoms with Gasteiger partial charge >= 0.3 is 11.8 Å². The number of aryl methyl sites for hydroxylation is 3. The van der Waals surface area contributed by atoms with E-state index in [9.17, 15) is 19.5 Å². The van der Waals surface area contributed by atoms with Crippen molar-refractivity contribution in [3.63, 3.8) is 0 Å². The highest BCUT2D eigenvalue weighted by molar-refractivity contribution is 5.99. The molecule has 33 heavy (non-hydrogen) atoms. The highest BCUT2D eigenvalue weighted by atomic mass is 16.5. The van der Waals surface area contributed by atoms with Gasteiger partial charge in [-0.2, -0.15) is 0 Å². The van der Waals surface area contributed by atoms with Crippen LogP contribution in [0.3, 0.4) is 0 Å². The fourth-order valence-corrected chi connectivity index (χ4v) is 4.09. The molecule has 3 rings (SSSR count). The number of carbonyl (C=O) groups excluding carboxylic acids is 1. The minimum Gasteiger partial charge on any atom is -0.496 e. The fourth-order valence-electron chi connectivity index (χ4n) is 4.09. The predicted octanol–water partition coefficient (Wildman–Crippen LogP) is 3.85. The van der Waals surface area contributed by atoms with E-state index in [4.69, 9.17) is 4.74 Å². The zero-order chi connectivity index (χ0) is 24.0. The van der Waals surface area contributed by atoms with Crippen LogP contribution in [-0.4, -0.2) is 51.2 Å². The lowest BCUT2D eigenvalue weighted by molar-refractivity contribution is 0.0978. The summed E-state index contributed by atoms with van der Waals surface area (Å²) < 4.78 is 8.43. The number of methoxy groups -OCH3 is 1. The number of fused-ring (bicyclic) bond motifs is 1. The summed E-state index contributed by atoms with van der Waals surface area (Å²) in [7, 11) is 5.02. The summed E-state index contributed by atoms with van der Waals surface area (Å²) in [6.45, 7) is 0.820. The zero-order valence-corrected chi connectivity index (χ0v) is 19.4. The number of hydrogen-bond acceptors (Lipinski definition) is 4. The lowest BCUT2D eigenvalue weighted by atomic mass is 10.0. The molecule has 0 aliphatic rings. The van der Waals surface area contributed by atoms with E-state index in [0.29, 0.717) is 44.3 Å². The van der Waals surface area contributed by atoms with E-state index in [1.807, 2.05) is 24.3 Å². The van der Waals surface area contributed by atoms with Gasteiger partial charge in [0.1, 0.15) is 5.75 Å². The molecule has 0 bridgehead atoms. The van der Waals surface area contributed by atoms with Gasteiger partial charge in [-0.25, -0.2) is 9.59 Å². The molecular weight excluding hydrogens is 422 g/mol. The van der Waals surface area contributed by atoms with Gasteiger partial charge in [0.2, 0.25) is 0 Å². The Bertz CT molecular complexity index is 1190. The molecule has 0 saturated heterocycles. The Balaban J connectivity index is 1.48. The number of para-hydroxylation sites is 1. The van der Waals surface area contributed by atoms with Gasteiger partial charge in [-0.05, 0) is 55.5 Å². The number of unbranched alkanes of at least 4 members (excludes halogenated alkanes) is 1. The second kappa shape index (κ2) is 10.8. The van der Waals surface area contributed by atoms with E-state index >= 15 is 0 Å². The first-order chi connectivity index (χ1) is 15.8. The summed E-state index contributed by atoms with van der Waals surface area (Å²) in [5, 5.41) is 9.51. The van der Waals surface area contributed by atoms with E-state index in [2.05, 4.69) is 0 Å². The number of ketones is 1. The van der Waals surface area contributed by atoms with Crippen molar-refractivity contribution < 1.29 is 19.4 Å². The molecule has 2 aromatic carbocycles. The van der Waals surface area contributed by atoms with Gasteiger partial charge in [-0.1, -0.05) is 18.2 Å². The third-order valence-corrected chi connectivity index (χ3v) is 6.01. The standard InChI is InChI=1S/C25H31N3O5/c1-26-20-14-13-19(17-21(20)27(2)24(26)30)22(29)11-6-7-15-28(25(31)32)16-8-10-18-9-4-5-12-23(18)33-3/h4-5,9,12-14,17H,6-8,10-11,15-16H2,1-3H3,(H,31,32). The maximum Gasteiger partial charge on any atom is 0.407 e. The lowest BCUT2D eigenvalue weighted by Crippen LogP contribution is -2.31. The minimum absolute atomic E-state index is 0.00810. The van der Waals surface area contributed by atoms with E-state index in [1.165, 1.54) is 9.47 Å². The van der Waals surface area contributed by atoms with Crippen molar-refractivity contribution in [2.75, 3.05) is 20.2 Å². The quantitative estimate of drug-likeness (QED) is 0.352. The Hall–Kier alpha value is -3.55. The fraction of sp³-hybridized carbons (Fsp3) is 0.400. The number of amides is 1. The second-order valence-electron chi connectivity index (χ2n) is 8.17. The van der Waals surface area contributed by atoms with Crippen molar-refractivity contribution in [3.8, 4) is 5.75 Å². The molecule has 1 amide bonds. The number of rotatable bonds is 11. The molecule has 0 aliphatic heterocycles. The van der Waals surface area contributed by atoms with Crippen molar-refractivity contribution in [1.29, 1.82) is 0 Å². The summed E-state index contributed by atoms with van der Waals surface area (Å²) in [4.78, 5) is 37.7. The Labute approximate surface area is 193 Å². The first-order valence-corrected chi connectivity index (χ1v) is 11.1. The zero-order valence-electron chi connectivity index (χ0n) is 19.4. The number of benzene rings is 2.